The maximum atomic E-state index is 13.3. The van der Waals surface area contributed by atoms with Gasteiger partial charge in [0.1, 0.15) is 13.2 Å². The highest BCUT2D eigenvalue weighted by molar-refractivity contribution is 5.82. The van der Waals surface area contributed by atoms with Crippen molar-refractivity contribution in [2.75, 3.05) is 46.6 Å². The lowest BCUT2D eigenvalue weighted by molar-refractivity contribution is -0.144. The molecule has 39 heavy (non-hydrogen) atoms. The van der Waals surface area contributed by atoms with Crippen LogP contribution < -0.4 is 5.32 Å². The standard InChI is InChI=1S/C28H30F2N2O7/c1-18(14-39-27(35)32-12-11-28(29,30)17-32)13-37-16-24(25(33)36-2)31-26(34)38-15-23-21-9-5-3-7-19(21)20-8-4-6-10-22(20)23/h3-10,23-24H,1,11-17H2,2H3,(H,31,34)/t24-/m0/s1. The molecule has 1 saturated heterocycles. The molecule has 1 aliphatic heterocycles. The smallest absolute Gasteiger partial charge is 0.410 e. The largest absolute Gasteiger partial charge is 0.467 e. The van der Waals surface area contributed by atoms with E-state index in [-0.39, 0.29) is 38.9 Å². The molecule has 1 N–H and O–H groups in total. The first-order valence-electron chi connectivity index (χ1n) is 12.4. The second-order valence-corrected chi connectivity index (χ2v) is 9.39. The molecule has 11 heteroatoms. The Bertz CT molecular complexity index is 1190. The molecule has 0 unspecified atom stereocenters. The molecular weight excluding hydrogens is 514 g/mol. The van der Waals surface area contributed by atoms with Crippen LogP contribution in [-0.4, -0.2) is 81.6 Å². The van der Waals surface area contributed by atoms with Crippen LogP contribution in [0, 0.1) is 0 Å². The number of alkyl halides is 2. The minimum atomic E-state index is -2.91. The van der Waals surface area contributed by atoms with Crippen LogP contribution in [0.1, 0.15) is 23.5 Å². The summed E-state index contributed by atoms with van der Waals surface area (Å²) in [5.74, 6) is -3.80. The third-order valence-electron chi connectivity index (χ3n) is 6.54. The molecule has 1 aliphatic carbocycles. The van der Waals surface area contributed by atoms with Crippen molar-refractivity contribution in [3.63, 3.8) is 0 Å². The Morgan fingerprint density at radius 1 is 1.05 bits per heavy atom. The Balaban J connectivity index is 1.23. The van der Waals surface area contributed by atoms with Crippen molar-refractivity contribution in [1.82, 2.24) is 10.2 Å². The zero-order valence-corrected chi connectivity index (χ0v) is 21.5. The Morgan fingerprint density at radius 2 is 1.69 bits per heavy atom. The second kappa shape index (κ2) is 12.2. The first-order valence-corrected chi connectivity index (χ1v) is 12.4. The number of benzene rings is 2. The van der Waals surface area contributed by atoms with Gasteiger partial charge in [-0.3, -0.25) is 0 Å². The summed E-state index contributed by atoms with van der Waals surface area (Å²) in [4.78, 5) is 37.6. The second-order valence-electron chi connectivity index (χ2n) is 9.39. The highest BCUT2D eigenvalue weighted by Gasteiger charge is 2.41. The first-order chi connectivity index (χ1) is 18.7. The summed E-state index contributed by atoms with van der Waals surface area (Å²) in [6, 6.07) is 14.7. The number of carbonyl (C=O) groups excluding carboxylic acids is 3. The molecule has 0 saturated carbocycles. The average Bonchev–Trinajstić information content (AvgIpc) is 3.46. The van der Waals surface area contributed by atoms with Gasteiger partial charge >= 0.3 is 18.2 Å². The minimum Gasteiger partial charge on any atom is -0.467 e. The molecule has 208 valence electrons. The normalized spacial score (nSPS) is 16.1. The number of amides is 2. The molecule has 9 nitrogen and oxygen atoms in total. The summed E-state index contributed by atoms with van der Waals surface area (Å²) in [6.07, 6.45) is -2.08. The molecule has 1 atom stereocenters. The number of esters is 1. The van der Waals surface area contributed by atoms with E-state index in [1.165, 1.54) is 7.11 Å². The van der Waals surface area contributed by atoms with Crippen molar-refractivity contribution in [2.24, 2.45) is 0 Å². The molecule has 0 aromatic heterocycles. The Morgan fingerprint density at radius 3 is 2.28 bits per heavy atom. The monoisotopic (exact) mass is 544 g/mol. The van der Waals surface area contributed by atoms with Crippen LogP contribution in [0.4, 0.5) is 18.4 Å². The number of hydrogen-bond donors (Lipinski definition) is 1. The molecular formula is C28H30F2N2O7. The summed E-state index contributed by atoms with van der Waals surface area (Å²) in [5.41, 5.74) is 4.62. The third kappa shape index (κ3) is 6.91. The molecule has 0 spiro atoms. The number of nitrogens with zero attached hydrogens (tertiary/aromatic N) is 1. The van der Waals surface area contributed by atoms with Gasteiger partial charge in [-0.05, 0) is 27.8 Å². The van der Waals surface area contributed by atoms with Crippen molar-refractivity contribution in [3.8, 4) is 11.1 Å². The average molecular weight is 545 g/mol. The van der Waals surface area contributed by atoms with Crippen LogP contribution in [0.3, 0.4) is 0 Å². The molecule has 2 amide bonds. The maximum Gasteiger partial charge on any atom is 0.410 e. The summed E-state index contributed by atoms with van der Waals surface area (Å²) < 4.78 is 47.2. The first kappa shape index (κ1) is 28.0. The number of carbonyl (C=O) groups is 3. The minimum absolute atomic E-state index is 0.0692. The molecule has 2 aliphatic rings. The van der Waals surface area contributed by atoms with Crippen molar-refractivity contribution in [3.05, 3.63) is 71.8 Å². The molecule has 4 rings (SSSR count). The number of ether oxygens (including phenoxy) is 4. The number of likely N-dealkylation sites (tertiary alicyclic amines) is 1. The quantitative estimate of drug-likeness (QED) is 0.273. The van der Waals surface area contributed by atoms with Gasteiger partial charge in [-0.15, -0.1) is 0 Å². The van der Waals surface area contributed by atoms with Gasteiger partial charge in [0.05, 0.1) is 26.9 Å². The van der Waals surface area contributed by atoms with E-state index in [0.29, 0.717) is 5.57 Å². The lowest BCUT2D eigenvalue weighted by Gasteiger charge is -2.19. The van der Waals surface area contributed by atoms with E-state index in [4.69, 9.17) is 18.9 Å². The van der Waals surface area contributed by atoms with E-state index < -0.39 is 43.1 Å². The fraction of sp³-hybridized carbons (Fsp3) is 0.393. The van der Waals surface area contributed by atoms with Gasteiger partial charge in [-0.25, -0.2) is 23.2 Å². The number of methoxy groups -OCH3 is 1. The zero-order valence-electron chi connectivity index (χ0n) is 21.5. The van der Waals surface area contributed by atoms with E-state index >= 15 is 0 Å². The Kier molecular flexibility index (Phi) is 8.80. The van der Waals surface area contributed by atoms with Crippen molar-refractivity contribution >= 4 is 18.2 Å². The lowest BCUT2D eigenvalue weighted by atomic mass is 9.98. The summed E-state index contributed by atoms with van der Waals surface area (Å²) >= 11 is 0. The van der Waals surface area contributed by atoms with Crippen molar-refractivity contribution in [2.45, 2.75) is 24.3 Å². The Hall–Kier alpha value is -3.99. The maximum absolute atomic E-state index is 13.3. The summed E-state index contributed by atoms with van der Waals surface area (Å²) in [6.45, 7) is 2.40. The molecule has 2 aromatic rings. The lowest BCUT2D eigenvalue weighted by Crippen LogP contribution is -2.45. The van der Waals surface area contributed by atoms with Gasteiger partial charge in [-0.2, -0.15) is 0 Å². The third-order valence-corrected chi connectivity index (χ3v) is 6.54. The number of rotatable bonds is 10. The van der Waals surface area contributed by atoms with Gasteiger partial charge in [0, 0.05) is 18.9 Å². The Labute approximate surface area is 224 Å². The van der Waals surface area contributed by atoms with Gasteiger partial charge < -0.3 is 29.2 Å². The molecule has 2 aromatic carbocycles. The van der Waals surface area contributed by atoms with Gasteiger partial charge in [-0.1, -0.05) is 55.1 Å². The van der Waals surface area contributed by atoms with E-state index in [2.05, 4.69) is 11.9 Å². The number of hydrogen-bond acceptors (Lipinski definition) is 7. The van der Waals surface area contributed by atoms with E-state index in [1.54, 1.807) is 0 Å². The topological polar surface area (TPSA) is 103 Å². The van der Waals surface area contributed by atoms with Gasteiger partial charge in [0.15, 0.2) is 6.04 Å². The molecule has 0 radical (unpaired) electrons. The van der Waals surface area contributed by atoms with Crippen LogP contribution in [0.2, 0.25) is 0 Å². The highest BCUT2D eigenvalue weighted by Crippen LogP contribution is 2.44. The van der Waals surface area contributed by atoms with Crippen LogP contribution in [-0.2, 0) is 23.7 Å². The SMILES string of the molecule is C=C(COC[C@H](NC(=O)OCC1c2ccccc2-c2ccccc21)C(=O)OC)COC(=O)N1CCC(F)(F)C1. The summed E-state index contributed by atoms with van der Waals surface area (Å²) in [5, 5.41) is 2.45. The van der Waals surface area contributed by atoms with Crippen LogP contribution in [0.15, 0.2) is 60.7 Å². The van der Waals surface area contributed by atoms with Gasteiger partial charge in [0.2, 0.25) is 0 Å². The van der Waals surface area contributed by atoms with Gasteiger partial charge in [0.25, 0.3) is 5.92 Å². The van der Waals surface area contributed by atoms with Crippen molar-refractivity contribution < 1.29 is 42.1 Å². The number of halogens is 2. The van der Waals surface area contributed by atoms with E-state index in [9.17, 15) is 23.2 Å². The predicted molar refractivity (Wildman–Crippen MR) is 136 cm³/mol. The number of nitrogens with one attached hydrogen (secondary N) is 1. The van der Waals surface area contributed by atoms with Crippen LogP contribution >= 0.6 is 0 Å². The molecule has 0 bridgehead atoms. The van der Waals surface area contributed by atoms with Crippen LogP contribution in [0.5, 0.6) is 0 Å². The highest BCUT2D eigenvalue weighted by atomic mass is 19.3. The zero-order chi connectivity index (χ0) is 28.0. The summed E-state index contributed by atoms with van der Waals surface area (Å²) in [7, 11) is 1.18. The predicted octanol–water partition coefficient (Wildman–Crippen LogP) is 4.12. The fourth-order valence-corrected chi connectivity index (χ4v) is 4.60. The molecule has 1 fully saturated rings. The van der Waals surface area contributed by atoms with E-state index in [0.717, 1.165) is 27.2 Å². The fourth-order valence-electron chi connectivity index (χ4n) is 4.60. The van der Waals surface area contributed by atoms with Crippen molar-refractivity contribution in [1.29, 1.82) is 0 Å². The van der Waals surface area contributed by atoms with E-state index in [1.807, 2.05) is 48.5 Å². The number of fused-ring (bicyclic) bond motifs is 3. The van der Waals surface area contributed by atoms with Crippen LogP contribution in [0.25, 0.3) is 11.1 Å². The molecule has 1 heterocycles. The number of alkyl carbamates (subject to hydrolysis) is 1.